The second kappa shape index (κ2) is 10.2. The molecule has 0 saturated heterocycles. The third kappa shape index (κ3) is 5.19. The molecule has 8 heteroatoms. The van der Waals surface area contributed by atoms with E-state index in [1.54, 1.807) is 28.0 Å². The maximum absolute atomic E-state index is 13.6. The monoisotopic (exact) mass is 510 g/mol. The molecule has 3 heterocycles. The van der Waals surface area contributed by atoms with Gasteiger partial charge in [-0.1, -0.05) is 45.4 Å². The van der Waals surface area contributed by atoms with E-state index in [0.29, 0.717) is 18.1 Å². The van der Waals surface area contributed by atoms with Crippen LogP contribution in [0.5, 0.6) is 0 Å². The standard InChI is InChI=1S/C27H34N4O2S2/c1-7-11-28-21(32)14-30-22(33)16-35-24(19-10-12-34-15-19)23-25(27(4,5)6)29-31(26(23)30)20-9-8-17(2)13-18(20)3/h8-10,12-13,15,24H,7,11,14,16H2,1-6H3,(H,28,32). The molecular formula is C27H34N4O2S2. The van der Waals surface area contributed by atoms with Gasteiger partial charge in [0.15, 0.2) is 0 Å². The van der Waals surface area contributed by atoms with Gasteiger partial charge in [-0.25, -0.2) is 4.68 Å². The Hall–Kier alpha value is -2.58. The van der Waals surface area contributed by atoms with E-state index >= 15 is 0 Å². The van der Waals surface area contributed by atoms with Crippen LogP contribution in [0.4, 0.5) is 5.82 Å². The quantitative estimate of drug-likeness (QED) is 0.473. The molecule has 186 valence electrons. The summed E-state index contributed by atoms with van der Waals surface area (Å²) < 4.78 is 1.90. The van der Waals surface area contributed by atoms with E-state index in [1.165, 1.54) is 5.56 Å². The van der Waals surface area contributed by atoms with Crippen molar-refractivity contribution in [1.29, 1.82) is 0 Å². The molecule has 35 heavy (non-hydrogen) atoms. The number of thiophene rings is 1. The first-order valence-corrected chi connectivity index (χ1v) is 14.0. The van der Waals surface area contributed by atoms with Gasteiger partial charge in [0.05, 0.1) is 22.4 Å². The number of nitrogens with zero attached hydrogens (tertiary/aromatic N) is 3. The van der Waals surface area contributed by atoms with Crippen LogP contribution in [-0.2, 0) is 15.0 Å². The maximum Gasteiger partial charge on any atom is 0.240 e. The molecule has 0 bridgehead atoms. The molecule has 2 amide bonds. The first-order valence-electron chi connectivity index (χ1n) is 12.0. The smallest absolute Gasteiger partial charge is 0.240 e. The number of rotatable bonds is 6. The zero-order valence-electron chi connectivity index (χ0n) is 21.3. The molecule has 1 N–H and O–H groups in total. The number of fused-ring (bicyclic) bond motifs is 1. The van der Waals surface area contributed by atoms with Crippen molar-refractivity contribution in [3.8, 4) is 5.69 Å². The van der Waals surface area contributed by atoms with E-state index in [2.05, 4.69) is 75.0 Å². The van der Waals surface area contributed by atoms with Crippen molar-refractivity contribution in [1.82, 2.24) is 15.1 Å². The summed E-state index contributed by atoms with van der Waals surface area (Å²) in [6.45, 7) is 13.2. The van der Waals surface area contributed by atoms with Gasteiger partial charge in [-0.3, -0.25) is 14.5 Å². The van der Waals surface area contributed by atoms with Gasteiger partial charge in [0.1, 0.15) is 12.4 Å². The highest BCUT2D eigenvalue weighted by atomic mass is 32.2. The summed E-state index contributed by atoms with van der Waals surface area (Å²) in [5.74, 6) is 0.773. The molecule has 2 aromatic heterocycles. The van der Waals surface area contributed by atoms with Gasteiger partial charge in [-0.15, -0.1) is 11.8 Å². The molecule has 0 fully saturated rings. The molecule has 1 atom stereocenters. The molecular weight excluding hydrogens is 476 g/mol. The van der Waals surface area contributed by atoms with E-state index in [1.807, 2.05) is 11.6 Å². The number of amides is 2. The lowest BCUT2D eigenvalue weighted by molar-refractivity contribution is -0.122. The lowest BCUT2D eigenvalue weighted by Crippen LogP contribution is -2.42. The van der Waals surface area contributed by atoms with Crippen LogP contribution in [0, 0.1) is 13.8 Å². The number of anilines is 1. The number of carbonyl (C=O) groups is 2. The van der Waals surface area contributed by atoms with Crippen LogP contribution in [0.25, 0.3) is 5.69 Å². The molecule has 4 rings (SSSR count). The second-order valence-electron chi connectivity index (χ2n) is 10.1. The van der Waals surface area contributed by atoms with Gasteiger partial charge < -0.3 is 5.32 Å². The Labute approximate surface area is 216 Å². The summed E-state index contributed by atoms with van der Waals surface area (Å²) in [4.78, 5) is 28.1. The molecule has 6 nitrogen and oxygen atoms in total. The van der Waals surface area contributed by atoms with Gasteiger partial charge in [0, 0.05) is 17.5 Å². The van der Waals surface area contributed by atoms with Crippen molar-refractivity contribution in [2.45, 2.75) is 58.6 Å². The lowest BCUT2D eigenvalue weighted by Gasteiger charge is -2.24. The summed E-state index contributed by atoms with van der Waals surface area (Å²) in [5.41, 5.74) is 6.04. The topological polar surface area (TPSA) is 67.2 Å². The third-order valence-electron chi connectivity index (χ3n) is 6.10. The zero-order valence-corrected chi connectivity index (χ0v) is 23.0. The number of nitrogens with one attached hydrogen (secondary N) is 1. The Bertz CT molecular complexity index is 1220. The minimum absolute atomic E-state index is 0.0249. The summed E-state index contributed by atoms with van der Waals surface area (Å²) in [7, 11) is 0. The van der Waals surface area contributed by atoms with Gasteiger partial charge in [-0.05, 0) is 54.3 Å². The summed E-state index contributed by atoms with van der Waals surface area (Å²) in [5, 5.41) is 12.3. The van der Waals surface area contributed by atoms with Crippen molar-refractivity contribution in [2.24, 2.45) is 0 Å². The Morgan fingerprint density at radius 2 is 2.00 bits per heavy atom. The molecule has 0 spiro atoms. The fraction of sp³-hybridized carbons (Fsp3) is 0.444. The minimum Gasteiger partial charge on any atom is -0.355 e. The number of carbonyl (C=O) groups excluding carboxylic acids is 2. The van der Waals surface area contributed by atoms with Crippen LogP contribution in [0.15, 0.2) is 35.0 Å². The molecule has 0 radical (unpaired) electrons. The van der Waals surface area contributed by atoms with Crippen molar-refractivity contribution in [3.05, 3.63) is 63.0 Å². The normalized spacial score (nSPS) is 16.2. The molecule has 1 aromatic carbocycles. The van der Waals surface area contributed by atoms with Crippen LogP contribution in [-0.4, -0.2) is 40.4 Å². The average molecular weight is 511 g/mol. The van der Waals surface area contributed by atoms with E-state index in [-0.39, 0.29) is 29.0 Å². The molecule has 1 aliphatic heterocycles. The number of hydrogen-bond acceptors (Lipinski definition) is 5. The van der Waals surface area contributed by atoms with Crippen molar-refractivity contribution in [3.63, 3.8) is 0 Å². The molecule has 0 saturated carbocycles. The first kappa shape index (κ1) is 25.5. The number of thioether (sulfide) groups is 1. The minimum atomic E-state index is -0.258. The van der Waals surface area contributed by atoms with Gasteiger partial charge >= 0.3 is 0 Å². The fourth-order valence-corrected chi connectivity index (χ4v) is 6.40. The molecule has 0 aliphatic carbocycles. The predicted octanol–water partition coefficient (Wildman–Crippen LogP) is 5.54. The number of hydrogen-bond donors (Lipinski definition) is 1. The SMILES string of the molecule is CCCNC(=O)CN1C(=O)CSC(c2ccsc2)c2c(C(C)(C)C)nn(-c3ccc(C)cc3C)c21. The summed E-state index contributed by atoms with van der Waals surface area (Å²) in [6, 6.07) is 8.38. The van der Waals surface area contributed by atoms with Crippen LogP contribution in [0.3, 0.4) is 0 Å². The fourth-order valence-electron chi connectivity index (χ4n) is 4.44. The van der Waals surface area contributed by atoms with Gasteiger partial charge in [0.25, 0.3) is 0 Å². The van der Waals surface area contributed by atoms with Crippen LogP contribution < -0.4 is 10.2 Å². The van der Waals surface area contributed by atoms with Crippen molar-refractivity contribution >= 4 is 40.7 Å². The average Bonchev–Trinajstić information content (AvgIpc) is 3.42. The van der Waals surface area contributed by atoms with Crippen LogP contribution in [0.2, 0.25) is 0 Å². The predicted molar refractivity (Wildman–Crippen MR) is 146 cm³/mol. The van der Waals surface area contributed by atoms with E-state index in [4.69, 9.17) is 5.10 Å². The van der Waals surface area contributed by atoms with Crippen molar-refractivity contribution in [2.75, 3.05) is 23.7 Å². The summed E-state index contributed by atoms with van der Waals surface area (Å²) in [6.07, 6.45) is 0.843. The number of aryl methyl sites for hydroxylation is 2. The Kier molecular flexibility index (Phi) is 7.43. The van der Waals surface area contributed by atoms with Crippen LogP contribution in [0.1, 0.15) is 67.3 Å². The van der Waals surface area contributed by atoms with Crippen LogP contribution >= 0.6 is 23.1 Å². The Morgan fingerprint density at radius 1 is 1.23 bits per heavy atom. The number of benzene rings is 1. The summed E-state index contributed by atoms with van der Waals surface area (Å²) >= 11 is 3.27. The van der Waals surface area contributed by atoms with Crippen molar-refractivity contribution < 1.29 is 9.59 Å². The van der Waals surface area contributed by atoms with E-state index in [9.17, 15) is 9.59 Å². The Morgan fingerprint density at radius 3 is 2.63 bits per heavy atom. The van der Waals surface area contributed by atoms with Gasteiger partial charge in [-0.2, -0.15) is 16.4 Å². The highest BCUT2D eigenvalue weighted by molar-refractivity contribution is 8.00. The third-order valence-corrected chi connectivity index (χ3v) is 8.06. The highest BCUT2D eigenvalue weighted by Gasteiger charge is 2.40. The lowest BCUT2D eigenvalue weighted by atomic mass is 9.87. The van der Waals surface area contributed by atoms with E-state index < -0.39 is 0 Å². The Balaban J connectivity index is 2.00. The zero-order chi connectivity index (χ0) is 25.3. The number of aromatic nitrogens is 2. The highest BCUT2D eigenvalue weighted by Crippen LogP contribution is 2.48. The molecule has 1 aliphatic rings. The molecule has 3 aromatic rings. The van der Waals surface area contributed by atoms with E-state index in [0.717, 1.165) is 34.5 Å². The largest absolute Gasteiger partial charge is 0.355 e. The maximum atomic E-state index is 13.6. The molecule has 1 unspecified atom stereocenters. The second-order valence-corrected chi connectivity index (χ2v) is 12.0. The van der Waals surface area contributed by atoms with Gasteiger partial charge in [0.2, 0.25) is 11.8 Å². The first-order chi connectivity index (χ1) is 16.6.